The van der Waals surface area contributed by atoms with Crippen molar-refractivity contribution in [1.82, 2.24) is 0 Å². The van der Waals surface area contributed by atoms with Gasteiger partial charge in [0.1, 0.15) is 0 Å². The zero-order valence-electron chi connectivity index (χ0n) is 12.1. The molecule has 0 aliphatic carbocycles. The molecule has 1 atom stereocenters. The number of carbonyl (C=O) groups is 2. The predicted molar refractivity (Wildman–Crippen MR) is 86.8 cm³/mol. The Morgan fingerprint density at radius 3 is 2.05 bits per heavy atom. The van der Waals surface area contributed by atoms with E-state index < -0.39 is 12.1 Å². The van der Waals surface area contributed by atoms with Gasteiger partial charge < -0.3 is 4.74 Å². The number of ether oxygens (including phenoxy) is 1. The van der Waals surface area contributed by atoms with Crippen LogP contribution in [0.15, 0.2) is 42.5 Å². The quantitative estimate of drug-likeness (QED) is 0.598. The topological polar surface area (TPSA) is 43.4 Å². The van der Waals surface area contributed by atoms with Crippen molar-refractivity contribution in [2.75, 3.05) is 0 Å². The Labute approximate surface area is 138 Å². The molecular formula is C17H14Cl2O3. The summed E-state index contributed by atoms with van der Waals surface area (Å²) >= 11 is 11.7. The zero-order valence-corrected chi connectivity index (χ0v) is 13.6. The number of halogens is 2. The summed E-state index contributed by atoms with van der Waals surface area (Å²) < 4.78 is 5.19. The number of Topliss-reactive ketones (excluding diaryl/α,β-unsaturated/α-hetero) is 1. The number of esters is 1. The fraction of sp³-hybridized carbons (Fsp3) is 0.176. The van der Waals surface area contributed by atoms with Gasteiger partial charge in [0.25, 0.3) is 0 Å². The highest BCUT2D eigenvalue weighted by Gasteiger charge is 2.20. The largest absolute Gasteiger partial charge is 0.451 e. The molecule has 0 aliphatic heterocycles. The molecule has 0 radical (unpaired) electrons. The van der Waals surface area contributed by atoms with E-state index in [1.54, 1.807) is 12.1 Å². The average molecular weight is 337 g/mol. The minimum atomic E-state index is -0.895. The van der Waals surface area contributed by atoms with Crippen molar-refractivity contribution in [3.63, 3.8) is 0 Å². The lowest BCUT2D eigenvalue weighted by Gasteiger charge is -2.13. The molecule has 114 valence electrons. The van der Waals surface area contributed by atoms with Crippen LogP contribution >= 0.6 is 23.2 Å². The van der Waals surface area contributed by atoms with Crippen LogP contribution in [0.5, 0.6) is 0 Å². The van der Waals surface area contributed by atoms with Crippen LogP contribution in [0.1, 0.15) is 33.2 Å². The summed E-state index contributed by atoms with van der Waals surface area (Å²) in [6.07, 6.45) is -0.895. The molecule has 0 bridgehead atoms. The number of carbonyl (C=O) groups excluding carboxylic acids is 2. The summed E-state index contributed by atoms with van der Waals surface area (Å²) in [6.45, 7) is 3.47. The Kier molecular flexibility index (Phi) is 5.22. The van der Waals surface area contributed by atoms with Gasteiger partial charge in [-0.2, -0.15) is 0 Å². The van der Waals surface area contributed by atoms with Crippen molar-refractivity contribution >= 4 is 35.0 Å². The maximum absolute atomic E-state index is 12.2. The predicted octanol–water partition coefficient (Wildman–Crippen LogP) is 4.73. The monoisotopic (exact) mass is 336 g/mol. The first-order valence-electron chi connectivity index (χ1n) is 6.65. The molecule has 3 nitrogen and oxygen atoms in total. The molecule has 22 heavy (non-hydrogen) atoms. The summed E-state index contributed by atoms with van der Waals surface area (Å²) in [5.74, 6) is -0.904. The highest BCUT2D eigenvalue weighted by atomic mass is 35.5. The fourth-order valence-electron chi connectivity index (χ4n) is 1.91. The molecule has 2 aromatic rings. The SMILES string of the molecule is Cc1ccc(C(=O)[C@@H](C)OC(=O)c2cc(Cl)cc(Cl)c2)cc1. The third kappa shape index (κ3) is 4.09. The second kappa shape index (κ2) is 6.95. The van der Waals surface area contributed by atoms with E-state index >= 15 is 0 Å². The number of rotatable bonds is 4. The van der Waals surface area contributed by atoms with Gasteiger partial charge in [-0.05, 0) is 32.0 Å². The Balaban J connectivity index is 2.10. The number of ketones is 1. The fourth-order valence-corrected chi connectivity index (χ4v) is 2.43. The van der Waals surface area contributed by atoms with Crippen LogP contribution in [-0.2, 0) is 4.74 Å². The highest BCUT2D eigenvalue weighted by Crippen LogP contribution is 2.20. The normalized spacial score (nSPS) is 11.8. The van der Waals surface area contributed by atoms with Gasteiger partial charge in [0.05, 0.1) is 5.56 Å². The molecular weight excluding hydrogens is 323 g/mol. The highest BCUT2D eigenvalue weighted by molar-refractivity contribution is 6.35. The maximum atomic E-state index is 12.2. The summed E-state index contributed by atoms with van der Waals surface area (Å²) in [7, 11) is 0. The van der Waals surface area contributed by atoms with Crippen LogP contribution in [0.4, 0.5) is 0 Å². The number of hydrogen-bond acceptors (Lipinski definition) is 3. The molecule has 0 aliphatic rings. The van der Waals surface area contributed by atoms with Gasteiger partial charge in [-0.3, -0.25) is 4.79 Å². The van der Waals surface area contributed by atoms with Crippen LogP contribution in [0.25, 0.3) is 0 Å². The molecule has 5 heteroatoms. The molecule has 0 unspecified atom stereocenters. The third-order valence-corrected chi connectivity index (χ3v) is 3.52. The van der Waals surface area contributed by atoms with Gasteiger partial charge in [-0.25, -0.2) is 4.79 Å². The summed E-state index contributed by atoms with van der Waals surface area (Å²) in [5, 5.41) is 0.661. The first kappa shape index (κ1) is 16.5. The molecule has 2 rings (SSSR count). The first-order chi connectivity index (χ1) is 10.4. The van der Waals surface area contributed by atoms with E-state index in [0.717, 1.165) is 5.56 Å². The molecule has 0 amide bonds. The van der Waals surface area contributed by atoms with Crippen LogP contribution in [0.3, 0.4) is 0 Å². The van der Waals surface area contributed by atoms with E-state index in [0.29, 0.717) is 15.6 Å². The summed E-state index contributed by atoms with van der Waals surface area (Å²) in [6, 6.07) is 11.5. The molecule has 0 aromatic heterocycles. The van der Waals surface area contributed by atoms with E-state index in [4.69, 9.17) is 27.9 Å². The minimum absolute atomic E-state index is 0.209. The second-order valence-electron chi connectivity index (χ2n) is 4.94. The Bertz CT molecular complexity index is 688. The Morgan fingerprint density at radius 2 is 1.50 bits per heavy atom. The van der Waals surface area contributed by atoms with E-state index in [2.05, 4.69) is 0 Å². The molecule has 0 heterocycles. The van der Waals surface area contributed by atoms with E-state index in [-0.39, 0.29) is 11.3 Å². The van der Waals surface area contributed by atoms with E-state index in [1.165, 1.54) is 25.1 Å². The van der Waals surface area contributed by atoms with Gasteiger partial charge >= 0.3 is 5.97 Å². The molecule has 0 fully saturated rings. The smallest absolute Gasteiger partial charge is 0.338 e. The molecule has 0 saturated carbocycles. The van der Waals surface area contributed by atoms with Crippen molar-refractivity contribution < 1.29 is 14.3 Å². The Hall–Kier alpha value is -1.84. The first-order valence-corrected chi connectivity index (χ1v) is 7.40. The number of hydrogen-bond donors (Lipinski definition) is 0. The lowest BCUT2D eigenvalue weighted by Crippen LogP contribution is -2.24. The summed E-state index contributed by atoms with van der Waals surface area (Å²) in [5.41, 5.74) is 1.76. The van der Waals surface area contributed by atoms with Crippen LogP contribution in [0.2, 0.25) is 10.0 Å². The molecule has 0 saturated heterocycles. The number of benzene rings is 2. The van der Waals surface area contributed by atoms with Crippen molar-refractivity contribution in [1.29, 1.82) is 0 Å². The zero-order chi connectivity index (χ0) is 16.3. The molecule has 0 N–H and O–H groups in total. The van der Waals surface area contributed by atoms with Gasteiger partial charge in [0.15, 0.2) is 6.10 Å². The van der Waals surface area contributed by atoms with Crippen LogP contribution < -0.4 is 0 Å². The van der Waals surface area contributed by atoms with Gasteiger partial charge in [0, 0.05) is 15.6 Å². The van der Waals surface area contributed by atoms with Crippen molar-refractivity contribution in [2.24, 2.45) is 0 Å². The molecule has 0 spiro atoms. The van der Waals surface area contributed by atoms with Crippen LogP contribution in [-0.4, -0.2) is 17.9 Å². The number of aryl methyl sites for hydroxylation is 1. The lowest BCUT2D eigenvalue weighted by atomic mass is 10.1. The summed E-state index contributed by atoms with van der Waals surface area (Å²) in [4.78, 5) is 24.3. The van der Waals surface area contributed by atoms with Gasteiger partial charge in [0.2, 0.25) is 5.78 Å². The van der Waals surface area contributed by atoms with Crippen molar-refractivity contribution in [3.05, 3.63) is 69.2 Å². The minimum Gasteiger partial charge on any atom is -0.451 e. The third-order valence-electron chi connectivity index (χ3n) is 3.09. The average Bonchev–Trinajstić information content (AvgIpc) is 2.46. The van der Waals surface area contributed by atoms with Gasteiger partial charge in [-0.15, -0.1) is 0 Å². The second-order valence-corrected chi connectivity index (χ2v) is 5.81. The standard InChI is InChI=1S/C17H14Cl2O3/c1-10-3-5-12(6-4-10)16(20)11(2)22-17(21)13-7-14(18)9-15(19)8-13/h3-9,11H,1-2H3/t11-/m1/s1. The maximum Gasteiger partial charge on any atom is 0.338 e. The van der Waals surface area contributed by atoms with E-state index in [1.807, 2.05) is 19.1 Å². The molecule has 2 aromatic carbocycles. The van der Waals surface area contributed by atoms with Gasteiger partial charge in [-0.1, -0.05) is 53.0 Å². The Morgan fingerprint density at radius 1 is 0.955 bits per heavy atom. The van der Waals surface area contributed by atoms with Crippen molar-refractivity contribution in [3.8, 4) is 0 Å². The lowest BCUT2D eigenvalue weighted by molar-refractivity contribution is 0.0319. The van der Waals surface area contributed by atoms with Crippen LogP contribution in [0, 0.1) is 6.92 Å². The van der Waals surface area contributed by atoms with E-state index in [9.17, 15) is 9.59 Å². The van der Waals surface area contributed by atoms with Crippen molar-refractivity contribution in [2.45, 2.75) is 20.0 Å².